The van der Waals surface area contributed by atoms with Crippen molar-refractivity contribution in [3.8, 4) is 5.75 Å². The largest absolute Gasteiger partial charge is 0.490 e. The summed E-state index contributed by atoms with van der Waals surface area (Å²) in [5.41, 5.74) is 0. The number of anilines is 1. The maximum Gasteiger partial charge on any atom is 0.171 e. The van der Waals surface area contributed by atoms with Gasteiger partial charge in [-0.1, -0.05) is 6.92 Å². The van der Waals surface area contributed by atoms with Crippen LogP contribution >= 0.6 is 11.6 Å². The topological polar surface area (TPSA) is 34.6 Å². The van der Waals surface area contributed by atoms with Crippen LogP contribution in [-0.2, 0) is 4.74 Å². The molecule has 0 aliphatic carbocycles. The second-order valence-corrected chi connectivity index (χ2v) is 4.58. The van der Waals surface area contributed by atoms with Crippen molar-refractivity contribution in [2.45, 2.75) is 19.4 Å². The van der Waals surface area contributed by atoms with Crippen LogP contribution in [0.5, 0.6) is 5.75 Å². The molecule has 0 aromatic carbocycles. The van der Waals surface area contributed by atoms with E-state index < -0.39 is 0 Å². The first-order valence-electron chi connectivity index (χ1n) is 6.35. The molecule has 4 nitrogen and oxygen atoms in total. The van der Waals surface area contributed by atoms with Crippen LogP contribution < -0.4 is 9.64 Å². The number of halogens is 1. The molecule has 1 atom stereocenters. The van der Waals surface area contributed by atoms with E-state index in [2.05, 4.69) is 16.8 Å². The molecule has 2 heterocycles. The molecular weight excluding hydrogens is 252 g/mol. The number of aromatic nitrogens is 1. The fourth-order valence-electron chi connectivity index (χ4n) is 1.95. The molecule has 1 unspecified atom stereocenters. The Kier molecular flexibility index (Phi) is 5.08. The zero-order chi connectivity index (χ0) is 12.8. The maximum atomic E-state index is 5.85. The zero-order valence-electron chi connectivity index (χ0n) is 10.6. The van der Waals surface area contributed by atoms with Crippen LogP contribution in [0.3, 0.4) is 0 Å². The lowest BCUT2D eigenvalue weighted by molar-refractivity contribution is 0.0549. The lowest BCUT2D eigenvalue weighted by atomic mass is 10.3. The molecule has 0 amide bonds. The molecule has 100 valence electrons. The molecule has 0 spiro atoms. The highest BCUT2D eigenvalue weighted by Crippen LogP contribution is 2.27. The number of alkyl halides is 1. The Hall–Kier alpha value is -1.00. The summed E-state index contributed by atoms with van der Waals surface area (Å²) in [7, 11) is 0. The monoisotopic (exact) mass is 270 g/mol. The molecule has 0 saturated carbocycles. The second kappa shape index (κ2) is 6.81. The van der Waals surface area contributed by atoms with Crippen molar-refractivity contribution in [1.29, 1.82) is 0 Å². The Labute approximate surface area is 113 Å². The predicted octanol–water partition coefficient (Wildman–Crippen LogP) is 2.31. The molecule has 1 saturated heterocycles. The third-order valence-electron chi connectivity index (χ3n) is 2.82. The molecule has 5 heteroatoms. The van der Waals surface area contributed by atoms with Crippen molar-refractivity contribution >= 4 is 17.4 Å². The molecule has 0 N–H and O–H groups in total. The number of nitrogens with zero attached hydrogens (tertiary/aromatic N) is 2. The Morgan fingerprint density at radius 1 is 1.61 bits per heavy atom. The number of ether oxygens (including phenoxy) is 2. The third kappa shape index (κ3) is 3.27. The predicted molar refractivity (Wildman–Crippen MR) is 72.7 cm³/mol. The average Bonchev–Trinajstić information content (AvgIpc) is 2.45. The van der Waals surface area contributed by atoms with Gasteiger partial charge in [-0.25, -0.2) is 4.98 Å². The number of rotatable bonds is 5. The highest BCUT2D eigenvalue weighted by molar-refractivity contribution is 6.18. The Bertz CT molecular complexity index is 376. The smallest absolute Gasteiger partial charge is 0.171 e. The Morgan fingerprint density at radius 2 is 2.50 bits per heavy atom. The van der Waals surface area contributed by atoms with E-state index in [1.54, 1.807) is 6.20 Å². The molecule has 1 aromatic rings. The van der Waals surface area contributed by atoms with Gasteiger partial charge >= 0.3 is 0 Å². The fraction of sp³-hybridized carbons (Fsp3) is 0.615. The van der Waals surface area contributed by atoms with E-state index in [0.29, 0.717) is 19.1 Å². The van der Waals surface area contributed by atoms with Crippen molar-refractivity contribution < 1.29 is 9.47 Å². The van der Waals surface area contributed by atoms with Gasteiger partial charge in [0.15, 0.2) is 11.6 Å². The number of morpholine rings is 1. The fourth-order valence-corrected chi connectivity index (χ4v) is 2.14. The van der Waals surface area contributed by atoms with Crippen LogP contribution in [0.2, 0.25) is 0 Å². The van der Waals surface area contributed by atoms with E-state index in [1.807, 2.05) is 12.1 Å². The number of hydrogen-bond donors (Lipinski definition) is 0. The molecule has 2 rings (SSSR count). The van der Waals surface area contributed by atoms with Crippen molar-refractivity contribution in [1.82, 2.24) is 4.98 Å². The molecule has 1 fully saturated rings. The maximum absolute atomic E-state index is 5.85. The van der Waals surface area contributed by atoms with E-state index in [4.69, 9.17) is 21.1 Å². The standard InChI is InChI=1S/C13H19ClN2O2/c1-2-7-18-12-4-3-5-15-13(12)16-6-8-17-11(9-14)10-16/h3-5,11H,2,6-10H2,1H3. The highest BCUT2D eigenvalue weighted by Gasteiger charge is 2.22. The van der Waals surface area contributed by atoms with E-state index in [-0.39, 0.29) is 6.10 Å². The van der Waals surface area contributed by atoms with Gasteiger partial charge in [-0.2, -0.15) is 0 Å². The van der Waals surface area contributed by atoms with Gasteiger partial charge in [-0.3, -0.25) is 0 Å². The first-order valence-corrected chi connectivity index (χ1v) is 6.89. The molecule has 0 bridgehead atoms. The van der Waals surface area contributed by atoms with Crippen molar-refractivity contribution in [3.63, 3.8) is 0 Å². The van der Waals surface area contributed by atoms with Gasteiger partial charge in [0.1, 0.15) is 0 Å². The Morgan fingerprint density at radius 3 is 3.28 bits per heavy atom. The van der Waals surface area contributed by atoms with Crippen LogP contribution in [0.25, 0.3) is 0 Å². The summed E-state index contributed by atoms with van der Waals surface area (Å²) in [6.07, 6.45) is 2.85. The normalized spacial score (nSPS) is 19.9. The van der Waals surface area contributed by atoms with E-state index in [0.717, 1.165) is 31.1 Å². The summed E-state index contributed by atoms with van der Waals surface area (Å²) in [5.74, 6) is 2.24. The molecule has 1 aliphatic rings. The van der Waals surface area contributed by atoms with Crippen molar-refractivity contribution in [3.05, 3.63) is 18.3 Å². The van der Waals surface area contributed by atoms with Crippen LogP contribution in [0.4, 0.5) is 5.82 Å². The summed E-state index contributed by atoms with van der Waals surface area (Å²) in [6, 6.07) is 3.86. The van der Waals surface area contributed by atoms with Gasteiger partial charge in [-0.05, 0) is 18.6 Å². The lowest BCUT2D eigenvalue weighted by Crippen LogP contribution is -2.43. The zero-order valence-corrected chi connectivity index (χ0v) is 11.4. The van der Waals surface area contributed by atoms with Crippen LogP contribution in [0, 0.1) is 0 Å². The van der Waals surface area contributed by atoms with Crippen LogP contribution in [0.1, 0.15) is 13.3 Å². The van der Waals surface area contributed by atoms with Crippen LogP contribution in [0.15, 0.2) is 18.3 Å². The van der Waals surface area contributed by atoms with Gasteiger partial charge < -0.3 is 14.4 Å². The SMILES string of the molecule is CCCOc1cccnc1N1CCOC(CCl)C1. The van der Waals surface area contributed by atoms with Gasteiger partial charge in [0.05, 0.1) is 25.2 Å². The number of hydrogen-bond acceptors (Lipinski definition) is 4. The summed E-state index contributed by atoms with van der Waals surface area (Å²) < 4.78 is 11.3. The van der Waals surface area contributed by atoms with Gasteiger partial charge in [0, 0.05) is 19.3 Å². The molecule has 1 aromatic heterocycles. The molecule has 0 radical (unpaired) electrons. The third-order valence-corrected chi connectivity index (χ3v) is 3.17. The summed E-state index contributed by atoms with van der Waals surface area (Å²) in [5, 5.41) is 0. The minimum absolute atomic E-state index is 0.0708. The second-order valence-electron chi connectivity index (χ2n) is 4.27. The molecular formula is C13H19ClN2O2. The molecule has 18 heavy (non-hydrogen) atoms. The van der Waals surface area contributed by atoms with Crippen LogP contribution in [-0.4, -0.2) is 43.3 Å². The van der Waals surface area contributed by atoms with Gasteiger partial charge in [0.2, 0.25) is 0 Å². The lowest BCUT2D eigenvalue weighted by Gasteiger charge is -2.33. The van der Waals surface area contributed by atoms with Crippen molar-refractivity contribution in [2.75, 3.05) is 37.1 Å². The summed E-state index contributed by atoms with van der Waals surface area (Å²) in [4.78, 5) is 6.61. The first kappa shape index (κ1) is 13.4. The van der Waals surface area contributed by atoms with E-state index >= 15 is 0 Å². The summed E-state index contributed by atoms with van der Waals surface area (Å²) in [6.45, 7) is 5.08. The van der Waals surface area contributed by atoms with Crippen molar-refractivity contribution in [2.24, 2.45) is 0 Å². The first-order chi connectivity index (χ1) is 8.85. The van der Waals surface area contributed by atoms with E-state index in [1.165, 1.54) is 0 Å². The van der Waals surface area contributed by atoms with E-state index in [9.17, 15) is 0 Å². The van der Waals surface area contributed by atoms with Gasteiger partial charge in [0.25, 0.3) is 0 Å². The molecule has 1 aliphatic heterocycles. The average molecular weight is 271 g/mol. The Balaban J connectivity index is 2.11. The minimum atomic E-state index is 0.0708. The quantitative estimate of drug-likeness (QED) is 0.769. The summed E-state index contributed by atoms with van der Waals surface area (Å²) >= 11 is 5.85. The van der Waals surface area contributed by atoms with Gasteiger partial charge in [-0.15, -0.1) is 11.6 Å². The number of pyridine rings is 1. The highest BCUT2D eigenvalue weighted by atomic mass is 35.5. The minimum Gasteiger partial charge on any atom is -0.490 e.